The lowest BCUT2D eigenvalue weighted by atomic mass is 10.1. The Bertz CT molecular complexity index is 459. The first-order valence-electron chi connectivity index (χ1n) is 5.26. The first-order valence-corrected chi connectivity index (χ1v) is 6.91. The van der Waals surface area contributed by atoms with E-state index in [0.717, 1.165) is 5.56 Å². The minimum absolute atomic E-state index is 0.446. The number of nitrogens with one attached hydrogen (secondary N) is 1. The maximum atomic E-state index is 12.2. The minimum atomic E-state index is -1.35. The average Bonchev–Trinajstić information content (AvgIpc) is 2.69. The molecule has 1 N–H and O–H groups in total. The molecule has 92 valence electrons. The van der Waals surface area contributed by atoms with Gasteiger partial charge in [0.05, 0.1) is 10.8 Å². The normalized spacial score (nSPS) is 21.5. The van der Waals surface area contributed by atoms with E-state index in [1.165, 1.54) is 0 Å². The standard InChI is InChI=1S/C12H14ClNO2S/c1-12(2)8-10(14-16-12)17(15)11(13)9-6-4-3-5-7-9/h3-8,11,14H,1-2H3. The number of hydroxylamine groups is 1. The lowest BCUT2D eigenvalue weighted by Gasteiger charge is -2.12. The van der Waals surface area contributed by atoms with Gasteiger partial charge in [-0.1, -0.05) is 30.3 Å². The Morgan fingerprint density at radius 1 is 1.35 bits per heavy atom. The summed E-state index contributed by atoms with van der Waals surface area (Å²) in [7, 11) is -1.35. The van der Waals surface area contributed by atoms with E-state index < -0.39 is 21.1 Å². The van der Waals surface area contributed by atoms with Crippen LogP contribution in [0.2, 0.25) is 0 Å². The molecule has 0 aromatic heterocycles. The van der Waals surface area contributed by atoms with Gasteiger partial charge in [-0.15, -0.1) is 11.6 Å². The summed E-state index contributed by atoms with van der Waals surface area (Å²) in [5, 5.41) is 0.527. The van der Waals surface area contributed by atoms with Crippen molar-refractivity contribution in [2.75, 3.05) is 0 Å². The van der Waals surface area contributed by atoms with Crippen LogP contribution >= 0.6 is 11.6 Å². The Hall–Kier alpha value is -0.840. The Balaban J connectivity index is 2.17. The second kappa shape index (κ2) is 4.80. The monoisotopic (exact) mass is 271 g/mol. The van der Waals surface area contributed by atoms with Crippen molar-refractivity contribution in [3.05, 3.63) is 47.0 Å². The molecule has 0 fully saturated rings. The van der Waals surface area contributed by atoms with E-state index in [1.807, 2.05) is 44.2 Å². The topological polar surface area (TPSA) is 38.3 Å². The van der Waals surface area contributed by atoms with Crippen molar-refractivity contribution in [3.63, 3.8) is 0 Å². The predicted octanol–water partition coefficient (Wildman–Crippen LogP) is 2.83. The van der Waals surface area contributed by atoms with Crippen LogP contribution in [0.25, 0.3) is 0 Å². The van der Waals surface area contributed by atoms with Gasteiger partial charge >= 0.3 is 0 Å². The molecule has 1 aliphatic rings. The van der Waals surface area contributed by atoms with Crippen molar-refractivity contribution in [1.29, 1.82) is 0 Å². The van der Waals surface area contributed by atoms with Crippen molar-refractivity contribution in [2.45, 2.75) is 24.2 Å². The van der Waals surface area contributed by atoms with Crippen molar-refractivity contribution in [1.82, 2.24) is 5.48 Å². The number of alkyl halides is 1. The molecular weight excluding hydrogens is 258 g/mol. The molecule has 3 nitrogen and oxygen atoms in total. The van der Waals surface area contributed by atoms with Crippen LogP contribution in [0.3, 0.4) is 0 Å². The number of benzene rings is 1. The molecule has 2 rings (SSSR count). The third kappa shape index (κ3) is 2.89. The van der Waals surface area contributed by atoms with Gasteiger partial charge in [0.1, 0.15) is 15.3 Å². The van der Waals surface area contributed by atoms with E-state index in [0.29, 0.717) is 5.03 Å². The zero-order chi connectivity index (χ0) is 12.5. The molecular formula is C12H14ClNO2S. The molecule has 2 unspecified atom stereocenters. The minimum Gasteiger partial charge on any atom is -0.265 e. The predicted molar refractivity (Wildman–Crippen MR) is 69.6 cm³/mol. The van der Waals surface area contributed by atoms with Crippen LogP contribution in [0.5, 0.6) is 0 Å². The van der Waals surface area contributed by atoms with Crippen LogP contribution in [0.1, 0.15) is 24.1 Å². The summed E-state index contributed by atoms with van der Waals surface area (Å²) in [4.78, 5) is 5.27. The Labute approximate surface area is 108 Å². The van der Waals surface area contributed by atoms with Gasteiger partial charge in [0.25, 0.3) is 0 Å². The number of hydrogen-bond acceptors (Lipinski definition) is 3. The first kappa shape index (κ1) is 12.6. The lowest BCUT2D eigenvalue weighted by molar-refractivity contribution is -0.0128. The molecule has 1 aromatic carbocycles. The molecule has 17 heavy (non-hydrogen) atoms. The van der Waals surface area contributed by atoms with Crippen molar-refractivity contribution >= 4 is 22.4 Å². The van der Waals surface area contributed by atoms with Gasteiger partial charge < -0.3 is 0 Å². The van der Waals surface area contributed by atoms with E-state index in [4.69, 9.17) is 16.4 Å². The molecule has 0 bridgehead atoms. The molecule has 0 aliphatic carbocycles. The second-order valence-electron chi connectivity index (χ2n) is 4.34. The summed E-state index contributed by atoms with van der Waals surface area (Å²) in [6.45, 7) is 3.77. The van der Waals surface area contributed by atoms with Crippen LogP contribution in [0.15, 0.2) is 41.4 Å². The smallest absolute Gasteiger partial charge is 0.140 e. The van der Waals surface area contributed by atoms with Gasteiger partial charge in [-0.3, -0.25) is 14.5 Å². The van der Waals surface area contributed by atoms with Crippen LogP contribution in [0.4, 0.5) is 0 Å². The summed E-state index contributed by atoms with van der Waals surface area (Å²) in [6, 6.07) is 9.36. The first-order chi connectivity index (χ1) is 7.99. The molecule has 1 heterocycles. The van der Waals surface area contributed by atoms with Crippen LogP contribution in [-0.4, -0.2) is 9.81 Å². The number of halogens is 1. The SMILES string of the molecule is CC1(C)C=C(S(=O)C(Cl)c2ccccc2)NO1. The van der Waals surface area contributed by atoms with Crippen molar-refractivity contribution in [3.8, 4) is 0 Å². The van der Waals surface area contributed by atoms with Gasteiger partial charge in [-0.2, -0.15) is 0 Å². The molecule has 0 saturated carbocycles. The highest BCUT2D eigenvalue weighted by Crippen LogP contribution is 2.30. The van der Waals surface area contributed by atoms with E-state index in [-0.39, 0.29) is 0 Å². The highest BCUT2D eigenvalue weighted by Gasteiger charge is 2.30. The van der Waals surface area contributed by atoms with E-state index >= 15 is 0 Å². The fourth-order valence-corrected chi connectivity index (χ4v) is 3.08. The summed E-state index contributed by atoms with van der Waals surface area (Å²) < 4.78 is 11.6. The molecule has 1 aromatic rings. The number of hydrogen-bond donors (Lipinski definition) is 1. The highest BCUT2D eigenvalue weighted by molar-refractivity contribution is 7.90. The molecule has 5 heteroatoms. The average molecular weight is 272 g/mol. The Morgan fingerprint density at radius 2 is 2.00 bits per heavy atom. The van der Waals surface area contributed by atoms with Crippen LogP contribution < -0.4 is 5.48 Å². The summed E-state index contributed by atoms with van der Waals surface area (Å²) in [5.41, 5.74) is 3.06. The van der Waals surface area contributed by atoms with Crippen LogP contribution in [0, 0.1) is 0 Å². The summed E-state index contributed by atoms with van der Waals surface area (Å²) in [5.74, 6) is 0. The highest BCUT2D eigenvalue weighted by atomic mass is 35.5. The van der Waals surface area contributed by atoms with Gasteiger partial charge in [-0.05, 0) is 25.5 Å². The third-order valence-electron chi connectivity index (χ3n) is 2.36. The van der Waals surface area contributed by atoms with Gasteiger partial charge in [0, 0.05) is 0 Å². The maximum Gasteiger partial charge on any atom is 0.140 e. The van der Waals surface area contributed by atoms with Crippen molar-refractivity contribution in [2.24, 2.45) is 0 Å². The third-order valence-corrected chi connectivity index (χ3v) is 4.38. The zero-order valence-corrected chi connectivity index (χ0v) is 11.2. The van der Waals surface area contributed by atoms with E-state index in [9.17, 15) is 4.21 Å². The Kier molecular flexibility index (Phi) is 3.56. The van der Waals surface area contributed by atoms with Gasteiger partial charge in [0.2, 0.25) is 0 Å². The number of rotatable bonds is 3. The lowest BCUT2D eigenvalue weighted by Crippen LogP contribution is -2.21. The molecule has 0 radical (unpaired) electrons. The van der Waals surface area contributed by atoms with Crippen LogP contribution in [-0.2, 0) is 15.6 Å². The quantitative estimate of drug-likeness (QED) is 0.859. The zero-order valence-electron chi connectivity index (χ0n) is 9.64. The molecule has 0 amide bonds. The van der Waals surface area contributed by atoms with E-state index in [2.05, 4.69) is 5.48 Å². The summed E-state index contributed by atoms with van der Waals surface area (Å²) in [6.07, 6.45) is 1.79. The fraction of sp³-hybridized carbons (Fsp3) is 0.333. The van der Waals surface area contributed by atoms with E-state index in [1.54, 1.807) is 6.08 Å². The second-order valence-corrected chi connectivity index (χ2v) is 6.54. The molecule has 2 atom stereocenters. The molecule has 0 spiro atoms. The molecule has 1 aliphatic heterocycles. The maximum absolute atomic E-state index is 12.2. The fourth-order valence-electron chi connectivity index (χ4n) is 1.50. The van der Waals surface area contributed by atoms with Crippen molar-refractivity contribution < 1.29 is 9.05 Å². The van der Waals surface area contributed by atoms with Gasteiger partial charge in [-0.25, -0.2) is 0 Å². The Morgan fingerprint density at radius 3 is 2.53 bits per heavy atom. The molecule has 0 saturated heterocycles. The summed E-state index contributed by atoms with van der Waals surface area (Å²) >= 11 is 6.19. The van der Waals surface area contributed by atoms with Gasteiger partial charge in [0.15, 0.2) is 0 Å². The largest absolute Gasteiger partial charge is 0.265 e.